The SMILES string of the molecule is COCn1cc(NC(=O)/C=C/c2ccc(OC)c(COc3ccccc3)c2)cn1. The van der Waals surface area contributed by atoms with Gasteiger partial charge in [-0.1, -0.05) is 24.3 Å². The summed E-state index contributed by atoms with van der Waals surface area (Å²) in [5.74, 6) is 1.26. The molecule has 0 aliphatic rings. The number of ether oxygens (including phenoxy) is 3. The van der Waals surface area contributed by atoms with Gasteiger partial charge >= 0.3 is 0 Å². The van der Waals surface area contributed by atoms with Crippen molar-refractivity contribution in [3.8, 4) is 11.5 Å². The number of benzene rings is 2. The molecule has 0 aliphatic heterocycles. The van der Waals surface area contributed by atoms with Crippen LogP contribution in [0.5, 0.6) is 11.5 Å². The van der Waals surface area contributed by atoms with Gasteiger partial charge in [0.2, 0.25) is 5.91 Å². The van der Waals surface area contributed by atoms with E-state index in [1.807, 2.05) is 48.5 Å². The van der Waals surface area contributed by atoms with Crippen LogP contribution in [-0.2, 0) is 22.9 Å². The van der Waals surface area contributed by atoms with Crippen molar-refractivity contribution in [2.75, 3.05) is 19.5 Å². The lowest BCUT2D eigenvalue weighted by atomic mass is 10.1. The molecular formula is C22H23N3O4. The second-order valence-electron chi connectivity index (χ2n) is 6.18. The van der Waals surface area contributed by atoms with E-state index < -0.39 is 0 Å². The quantitative estimate of drug-likeness (QED) is 0.561. The number of para-hydroxylation sites is 1. The normalized spacial score (nSPS) is 10.8. The number of methoxy groups -OCH3 is 2. The highest BCUT2D eigenvalue weighted by Gasteiger charge is 2.06. The highest BCUT2D eigenvalue weighted by Crippen LogP contribution is 2.23. The molecule has 1 aromatic heterocycles. The van der Waals surface area contributed by atoms with Gasteiger partial charge in [0.25, 0.3) is 0 Å². The molecule has 0 fully saturated rings. The first-order valence-electron chi connectivity index (χ1n) is 9.03. The van der Waals surface area contributed by atoms with Crippen molar-refractivity contribution in [3.05, 3.63) is 78.1 Å². The zero-order valence-electron chi connectivity index (χ0n) is 16.4. The Bertz CT molecular complexity index is 967. The Morgan fingerprint density at radius 1 is 1.17 bits per heavy atom. The third-order valence-electron chi connectivity index (χ3n) is 4.03. The summed E-state index contributed by atoms with van der Waals surface area (Å²) < 4.78 is 17.8. The Morgan fingerprint density at radius 2 is 2.00 bits per heavy atom. The topological polar surface area (TPSA) is 74.6 Å². The summed E-state index contributed by atoms with van der Waals surface area (Å²) >= 11 is 0. The molecule has 0 atom stereocenters. The van der Waals surface area contributed by atoms with E-state index in [0.29, 0.717) is 19.0 Å². The molecule has 0 aliphatic carbocycles. The molecule has 1 amide bonds. The Morgan fingerprint density at radius 3 is 2.76 bits per heavy atom. The Kier molecular flexibility index (Phi) is 7.02. The summed E-state index contributed by atoms with van der Waals surface area (Å²) in [6.07, 6.45) is 6.47. The lowest BCUT2D eigenvalue weighted by Gasteiger charge is -2.11. The van der Waals surface area contributed by atoms with Crippen LogP contribution in [0, 0.1) is 0 Å². The van der Waals surface area contributed by atoms with Crippen molar-refractivity contribution in [2.24, 2.45) is 0 Å². The number of carbonyl (C=O) groups excluding carboxylic acids is 1. The van der Waals surface area contributed by atoms with Gasteiger partial charge in [-0.3, -0.25) is 4.79 Å². The molecule has 0 saturated heterocycles. The summed E-state index contributed by atoms with van der Waals surface area (Å²) in [4.78, 5) is 12.2. The van der Waals surface area contributed by atoms with E-state index >= 15 is 0 Å². The second kappa shape index (κ2) is 10.1. The molecular weight excluding hydrogens is 370 g/mol. The molecule has 1 heterocycles. The first kappa shape index (κ1) is 20.2. The maximum atomic E-state index is 12.2. The summed E-state index contributed by atoms with van der Waals surface area (Å²) in [7, 11) is 3.20. The molecule has 29 heavy (non-hydrogen) atoms. The first-order valence-corrected chi connectivity index (χ1v) is 9.03. The van der Waals surface area contributed by atoms with Crippen LogP contribution < -0.4 is 14.8 Å². The van der Waals surface area contributed by atoms with Gasteiger partial charge < -0.3 is 19.5 Å². The highest BCUT2D eigenvalue weighted by molar-refractivity contribution is 6.01. The van der Waals surface area contributed by atoms with Crippen molar-refractivity contribution in [2.45, 2.75) is 13.3 Å². The Labute approximate surface area is 169 Å². The summed E-state index contributed by atoms with van der Waals surface area (Å²) in [5, 5.41) is 6.84. The number of nitrogens with one attached hydrogen (secondary N) is 1. The van der Waals surface area contributed by atoms with Crippen LogP contribution in [0.25, 0.3) is 6.08 Å². The van der Waals surface area contributed by atoms with E-state index in [-0.39, 0.29) is 5.91 Å². The first-order chi connectivity index (χ1) is 14.2. The van der Waals surface area contributed by atoms with E-state index in [1.165, 1.54) is 6.08 Å². The zero-order chi connectivity index (χ0) is 20.5. The van der Waals surface area contributed by atoms with Crippen molar-refractivity contribution in [1.29, 1.82) is 0 Å². The van der Waals surface area contributed by atoms with Crippen LogP contribution in [0.2, 0.25) is 0 Å². The fourth-order valence-corrected chi connectivity index (χ4v) is 2.68. The Hall–Kier alpha value is -3.58. The number of amides is 1. The third kappa shape index (κ3) is 5.95. The largest absolute Gasteiger partial charge is 0.496 e. The molecule has 7 nitrogen and oxygen atoms in total. The molecule has 3 rings (SSSR count). The number of rotatable bonds is 9. The summed E-state index contributed by atoms with van der Waals surface area (Å²) in [6, 6.07) is 15.2. The van der Waals surface area contributed by atoms with E-state index in [0.717, 1.165) is 22.6 Å². The number of hydrogen-bond acceptors (Lipinski definition) is 5. The fourth-order valence-electron chi connectivity index (χ4n) is 2.68. The van der Waals surface area contributed by atoms with Gasteiger partial charge in [-0.05, 0) is 35.9 Å². The van der Waals surface area contributed by atoms with Crippen LogP contribution >= 0.6 is 0 Å². The maximum absolute atomic E-state index is 12.2. The van der Waals surface area contributed by atoms with E-state index in [1.54, 1.807) is 37.4 Å². The average Bonchev–Trinajstić information content (AvgIpc) is 3.18. The number of aromatic nitrogens is 2. The molecule has 3 aromatic rings. The molecule has 0 bridgehead atoms. The number of carbonyl (C=O) groups is 1. The summed E-state index contributed by atoms with van der Waals surface area (Å²) in [5.41, 5.74) is 2.35. The second-order valence-corrected chi connectivity index (χ2v) is 6.18. The monoisotopic (exact) mass is 393 g/mol. The fraction of sp³-hybridized carbons (Fsp3) is 0.182. The van der Waals surface area contributed by atoms with Gasteiger partial charge in [0.15, 0.2) is 0 Å². The van der Waals surface area contributed by atoms with Gasteiger partial charge in [-0.15, -0.1) is 0 Å². The predicted octanol–water partition coefficient (Wildman–Crippen LogP) is 3.73. The Balaban J connectivity index is 1.63. The molecule has 7 heteroatoms. The number of hydrogen-bond donors (Lipinski definition) is 1. The van der Waals surface area contributed by atoms with Crippen LogP contribution in [0.3, 0.4) is 0 Å². The molecule has 0 radical (unpaired) electrons. The molecule has 2 aromatic carbocycles. The lowest BCUT2D eigenvalue weighted by molar-refractivity contribution is -0.111. The van der Waals surface area contributed by atoms with Gasteiger partial charge in [-0.2, -0.15) is 5.10 Å². The van der Waals surface area contributed by atoms with Gasteiger partial charge in [-0.25, -0.2) is 4.68 Å². The van der Waals surface area contributed by atoms with Gasteiger partial charge in [0.05, 0.1) is 25.2 Å². The van der Waals surface area contributed by atoms with Crippen molar-refractivity contribution < 1.29 is 19.0 Å². The summed E-state index contributed by atoms with van der Waals surface area (Å²) in [6.45, 7) is 0.686. The third-order valence-corrected chi connectivity index (χ3v) is 4.03. The van der Waals surface area contributed by atoms with E-state index in [9.17, 15) is 4.79 Å². The lowest BCUT2D eigenvalue weighted by Crippen LogP contribution is -2.07. The smallest absolute Gasteiger partial charge is 0.248 e. The molecule has 150 valence electrons. The zero-order valence-corrected chi connectivity index (χ0v) is 16.4. The highest BCUT2D eigenvalue weighted by atomic mass is 16.5. The van der Waals surface area contributed by atoms with E-state index in [4.69, 9.17) is 14.2 Å². The number of anilines is 1. The van der Waals surface area contributed by atoms with Crippen LogP contribution in [0.4, 0.5) is 5.69 Å². The van der Waals surface area contributed by atoms with Crippen molar-refractivity contribution in [1.82, 2.24) is 9.78 Å². The maximum Gasteiger partial charge on any atom is 0.248 e. The molecule has 1 N–H and O–H groups in total. The minimum absolute atomic E-state index is 0.250. The van der Waals surface area contributed by atoms with Crippen LogP contribution in [-0.4, -0.2) is 29.9 Å². The van der Waals surface area contributed by atoms with Crippen LogP contribution in [0.1, 0.15) is 11.1 Å². The van der Waals surface area contributed by atoms with Crippen molar-refractivity contribution >= 4 is 17.7 Å². The minimum atomic E-state index is -0.250. The molecule has 0 unspecified atom stereocenters. The van der Waals surface area contributed by atoms with Gasteiger partial charge in [0.1, 0.15) is 24.8 Å². The minimum Gasteiger partial charge on any atom is -0.496 e. The standard InChI is InChI=1S/C22H23N3O4/c1-27-16-25-14-19(13-23-25)24-22(26)11-9-17-8-10-21(28-2)18(12-17)15-29-20-6-4-3-5-7-20/h3-14H,15-16H2,1-2H3,(H,24,26)/b11-9+. The van der Waals surface area contributed by atoms with Gasteiger partial charge in [0, 0.05) is 18.7 Å². The molecule has 0 saturated carbocycles. The van der Waals surface area contributed by atoms with Crippen molar-refractivity contribution in [3.63, 3.8) is 0 Å². The average molecular weight is 393 g/mol. The number of nitrogens with zero attached hydrogens (tertiary/aromatic N) is 2. The van der Waals surface area contributed by atoms with E-state index in [2.05, 4.69) is 10.4 Å². The molecule has 0 spiro atoms. The van der Waals surface area contributed by atoms with Crippen LogP contribution in [0.15, 0.2) is 67.0 Å². The predicted molar refractivity (Wildman–Crippen MR) is 111 cm³/mol.